The van der Waals surface area contributed by atoms with E-state index in [0.717, 1.165) is 12.0 Å². The molecular formula is C25H32F6N2O5. The summed E-state index contributed by atoms with van der Waals surface area (Å²) in [4.78, 5) is 39.6. The Hall–Kier alpha value is -2.99. The Morgan fingerprint density at radius 3 is 1.95 bits per heavy atom. The number of hydrogen-bond acceptors (Lipinski definition) is 5. The Morgan fingerprint density at radius 2 is 1.53 bits per heavy atom. The largest absolute Gasteiger partial charge is 0.453 e. The molecule has 1 aliphatic heterocycles. The van der Waals surface area contributed by atoms with Crippen molar-refractivity contribution < 1.29 is 50.2 Å². The van der Waals surface area contributed by atoms with E-state index in [2.05, 4.69) is 0 Å². The van der Waals surface area contributed by atoms with Gasteiger partial charge in [0.05, 0.1) is 18.2 Å². The number of piperidine rings is 1. The van der Waals surface area contributed by atoms with Crippen molar-refractivity contribution in [3.8, 4) is 0 Å². The molecule has 0 bridgehead atoms. The summed E-state index contributed by atoms with van der Waals surface area (Å²) >= 11 is 0. The maximum absolute atomic E-state index is 13.4. The van der Waals surface area contributed by atoms with Gasteiger partial charge in [0.15, 0.2) is 0 Å². The summed E-state index contributed by atoms with van der Waals surface area (Å²) in [6.45, 7) is 6.19. The fourth-order valence-electron chi connectivity index (χ4n) is 4.57. The van der Waals surface area contributed by atoms with Crippen LogP contribution in [0.25, 0.3) is 0 Å². The fourth-order valence-corrected chi connectivity index (χ4v) is 4.57. The van der Waals surface area contributed by atoms with Gasteiger partial charge in [0.1, 0.15) is 11.9 Å². The highest BCUT2D eigenvalue weighted by molar-refractivity contribution is 5.71. The van der Waals surface area contributed by atoms with Crippen molar-refractivity contribution in [3.05, 3.63) is 34.9 Å². The van der Waals surface area contributed by atoms with Gasteiger partial charge in [-0.15, -0.1) is 0 Å². The normalized spacial score (nSPS) is 20.6. The zero-order valence-electron chi connectivity index (χ0n) is 21.8. The van der Waals surface area contributed by atoms with Crippen molar-refractivity contribution in [1.82, 2.24) is 9.80 Å². The molecule has 2 amide bonds. The first-order valence-electron chi connectivity index (χ1n) is 12.0. The van der Waals surface area contributed by atoms with Gasteiger partial charge in [0.2, 0.25) is 0 Å². The average Bonchev–Trinajstić information content (AvgIpc) is 2.79. The van der Waals surface area contributed by atoms with Gasteiger partial charge in [0.25, 0.3) is 0 Å². The highest BCUT2D eigenvalue weighted by Gasteiger charge is 2.43. The number of rotatable bonds is 6. The maximum Gasteiger partial charge on any atom is 0.416 e. The maximum atomic E-state index is 13.4. The first-order chi connectivity index (χ1) is 17.4. The Labute approximate surface area is 217 Å². The zero-order chi connectivity index (χ0) is 29.1. The van der Waals surface area contributed by atoms with Crippen LogP contribution in [0, 0.1) is 0 Å². The molecule has 13 heteroatoms. The van der Waals surface area contributed by atoms with Crippen LogP contribution in [0.15, 0.2) is 18.2 Å². The van der Waals surface area contributed by atoms with Crippen LogP contribution in [-0.2, 0) is 33.2 Å². The Balaban J connectivity index is 2.48. The molecule has 3 unspecified atom stereocenters. The van der Waals surface area contributed by atoms with Crippen LogP contribution in [0.4, 0.5) is 35.9 Å². The Kier molecular flexibility index (Phi) is 9.71. The van der Waals surface area contributed by atoms with Crippen LogP contribution in [0.2, 0.25) is 0 Å². The number of alkyl halides is 6. The molecule has 0 N–H and O–H groups in total. The lowest BCUT2D eigenvalue weighted by atomic mass is 9.87. The van der Waals surface area contributed by atoms with Gasteiger partial charge in [-0.25, -0.2) is 9.59 Å². The Bertz CT molecular complexity index is 973. The van der Waals surface area contributed by atoms with Crippen molar-refractivity contribution >= 4 is 18.5 Å². The third kappa shape index (κ3) is 8.00. The zero-order valence-corrected chi connectivity index (χ0v) is 21.8. The van der Waals surface area contributed by atoms with Gasteiger partial charge in [-0.2, -0.15) is 26.3 Å². The first-order valence-corrected chi connectivity index (χ1v) is 12.0. The molecule has 0 radical (unpaired) electrons. The molecule has 0 aromatic heterocycles. The summed E-state index contributed by atoms with van der Waals surface area (Å²) in [6, 6.07) is -0.862. The third-order valence-corrected chi connectivity index (χ3v) is 6.17. The van der Waals surface area contributed by atoms with E-state index >= 15 is 0 Å². The van der Waals surface area contributed by atoms with Gasteiger partial charge in [-0.1, -0.05) is 6.92 Å². The molecule has 0 aliphatic carbocycles. The van der Waals surface area contributed by atoms with Crippen LogP contribution in [-0.4, -0.2) is 59.1 Å². The molecule has 38 heavy (non-hydrogen) atoms. The van der Waals surface area contributed by atoms with E-state index < -0.39 is 71.5 Å². The SMILES string of the molecule is CCC1CC(N(Cc2cc(C(F)(F)F)cc(C(F)(F)F)c2)C(=O)OC)CC(CC=O)N1C(=O)OC(C)(C)C. The number of benzene rings is 1. The van der Waals surface area contributed by atoms with Gasteiger partial charge in [-0.3, -0.25) is 0 Å². The van der Waals surface area contributed by atoms with Crippen LogP contribution < -0.4 is 0 Å². The lowest BCUT2D eigenvalue weighted by molar-refractivity contribution is -0.143. The lowest BCUT2D eigenvalue weighted by Gasteiger charge is -2.47. The molecule has 3 atom stereocenters. The smallest absolute Gasteiger partial charge is 0.416 e. The van der Waals surface area contributed by atoms with Gasteiger partial charge in [0, 0.05) is 31.1 Å². The predicted octanol–water partition coefficient (Wildman–Crippen LogP) is 6.43. The van der Waals surface area contributed by atoms with E-state index in [9.17, 15) is 40.7 Å². The quantitative estimate of drug-likeness (QED) is 0.299. The number of hydrogen-bond donors (Lipinski definition) is 0. The highest BCUT2D eigenvalue weighted by atomic mass is 19.4. The second kappa shape index (κ2) is 11.8. The fraction of sp³-hybridized carbons (Fsp3) is 0.640. The van der Waals surface area contributed by atoms with Crippen molar-refractivity contribution in [2.24, 2.45) is 0 Å². The second-order valence-corrected chi connectivity index (χ2v) is 10.1. The topological polar surface area (TPSA) is 76.2 Å². The highest BCUT2D eigenvalue weighted by Crippen LogP contribution is 2.38. The molecule has 1 heterocycles. The van der Waals surface area contributed by atoms with E-state index in [0.29, 0.717) is 24.8 Å². The van der Waals surface area contributed by atoms with E-state index in [-0.39, 0.29) is 25.3 Å². The van der Waals surface area contributed by atoms with Gasteiger partial charge < -0.3 is 24.1 Å². The summed E-state index contributed by atoms with van der Waals surface area (Å²) < 4.78 is 90.5. The van der Waals surface area contributed by atoms with Crippen LogP contribution in [0.5, 0.6) is 0 Å². The number of carbonyl (C=O) groups is 3. The molecular weight excluding hydrogens is 522 g/mol. The van der Waals surface area contributed by atoms with E-state index in [1.807, 2.05) is 0 Å². The first kappa shape index (κ1) is 31.2. The van der Waals surface area contributed by atoms with E-state index in [1.54, 1.807) is 27.7 Å². The molecule has 2 rings (SSSR count). The number of amides is 2. The van der Waals surface area contributed by atoms with Crippen LogP contribution in [0.3, 0.4) is 0 Å². The van der Waals surface area contributed by atoms with E-state index in [1.165, 1.54) is 4.90 Å². The van der Waals surface area contributed by atoms with Crippen molar-refractivity contribution in [2.45, 2.75) is 96.0 Å². The minimum atomic E-state index is -5.05. The summed E-state index contributed by atoms with van der Waals surface area (Å²) in [5.41, 5.74) is -4.23. The molecule has 214 valence electrons. The number of methoxy groups -OCH3 is 1. The molecule has 0 saturated carbocycles. The minimum Gasteiger partial charge on any atom is -0.453 e. The third-order valence-electron chi connectivity index (χ3n) is 6.17. The van der Waals surface area contributed by atoms with Crippen molar-refractivity contribution in [3.63, 3.8) is 0 Å². The Morgan fingerprint density at radius 1 is 1.00 bits per heavy atom. The predicted molar refractivity (Wildman–Crippen MR) is 124 cm³/mol. The standard InChI is InChI=1S/C25H32F6N2O5/c1-6-18-12-20(13-19(7-8-34)33(18)22(36)38-23(2,3)4)32(21(35)37-5)14-15-9-16(24(26,27)28)11-17(10-15)25(29,30)31/h8-11,18-20H,6-7,12-14H2,1-5H3. The number of likely N-dealkylation sites (tertiary alicyclic amines) is 1. The molecule has 1 aromatic rings. The van der Waals surface area contributed by atoms with Gasteiger partial charge >= 0.3 is 24.5 Å². The number of ether oxygens (including phenoxy) is 2. The molecule has 1 aliphatic rings. The molecule has 1 fully saturated rings. The van der Waals surface area contributed by atoms with Crippen molar-refractivity contribution in [2.75, 3.05) is 7.11 Å². The van der Waals surface area contributed by atoms with Gasteiger partial charge in [-0.05, 0) is 63.8 Å². The number of halogens is 6. The summed E-state index contributed by atoms with van der Waals surface area (Å²) in [5, 5.41) is 0. The van der Waals surface area contributed by atoms with E-state index in [4.69, 9.17) is 9.47 Å². The number of nitrogens with zero attached hydrogens (tertiary/aromatic N) is 2. The summed E-state index contributed by atoms with van der Waals surface area (Å²) in [6.07, 6.45) is -10.7. The molecule has 7 nitrogen and oxygen atoms in total. The second-order valence-electron chi connectivity index (χ2n) is 10.1. The molecule has 1 aromatic carbocycles. The molecule has 1 saturated heterocycles. The van der Waals surface area contributed by atoms with Crippen LogP contribution >= 0.6 is 0 Å². The molecule has 0 spiro atoms. The summed E-state index contributed by atoms with van der Waals surface area (Å²) in [5.74, 6) is 0. The monoisotopic (exact) mass is 554 g/mol. The van der Waals surface area contributed by atoms with Crippen LogP contribution in [0.1, 0.15) is 70.1 Å². The minimum absolute atomic E-state index is 0.0124. The number of aldehydes is 1. The average molecular weight is 555 g/mol. The van der Waals surface area contributed by atoms with Crippen molar-refractivity contribution in [1.29, 1.82) is 0 Å². The summed E-state index contributed by atoms with van der Waals surface area (Å²) in [7, 11) is 1.04. The number of carbonyl (C=O) groups excluding carboxylic acids is 3. The lowest BCUT2D eigenvalue weighted by Crippen LogP contribution is -2.58.